The summed E-state index contributed by atoms with van der Waals surface area (Å²) in [6.45, 7) is 0.791. The summed E-state index contributed by atoms with van der Waals surface area (Å²) in [6, 6.07) is 8.26. The molecule has 7 heteroatoms. The van der Waals surface area contributed by atoms with E-state index in [1.807, 2.05) is 25.2 Å². The molecule has 0 unspecified atom stereocenters. The number of rotatable bonds is 3. The molecule has 1 fully saturated rings. The number of hydrogen-bond donors (Lipinski definition) is 1. The van der Waals surface area contributed by atoms with Crippen LogP contribution in [0.4, 0.5) is 5.95 Å². The molecule has 1 N–H and O–H groups in total. The van der Waals surface area contributed by atoms with Gasteiger partial charge in [-0.05, 0) is 12.1 Å². The molecule has 7 nitrogen and oxygen atoms in total. The Morgan fingerprint density at radius 2 is 2.18 bits per heavy atom. The van der Waals surface area contributed by atoms with Crippen LogP contribution in [-0.4, -0.2) is 44.5 Å². The summed E-state index contributed by atoms with van der Waals surface area (Å²) >= 11 is 0. The first-order valence-corrected chi connectivity index (χ1v) is 7.34. The van der Waals surface area contributed by atoms with Crippen molar-refractivity contribution in [1.82, 2.24) is 24.7 Å². The topological polar surface area (TPSA) is 71.9 Å². The lowest BCUT2D eigenvalue weighted by Gasteiger charge is -2.23. The molecule has 4 rings (SSSR count). The van der Waals surface area contributed by atoms with Crippen molar-refractivity contribution in [3.63, 3.8) is 0 Å². The van der Waals surface area contributed by atoms with E-state index in [9.17, 15) is 0 Å². The highest BCUT2D eigenvalue weighted by molar-refractivity contribution is 5.78. The molecule has 1 aromatic carbocycles. The number of ether oxygens (including phenoxy) is 1. The molecule has 1 saturated heterocycles. The summed E-state index contributed by atoms with van der Waals surface area (Å²) in [6.07, 6.45) is 2.58. The summed E-state index contributed by atoms with van der Waals surface area (Å²) in [4.78, 5) is 11.4. The van der Waals surface area contributed by atoms with Gasteiger partial charge in [0, 0.05) is 27.1 Å². The minimum Gasteiger partial charge on any atom is -0.380 e. The summed E-state index contributed by atoms with van der Waals surface area (Å²) in [7, 11) is 3.79. The van der Waals surface area contributed by atoms with Crippen molar-refractivity contribution in [3.05, 3.63) is 36.4 Å². The van der Waals surface area contributed by atoms with E-state index >= 15 is 0 Å². The van der Waals surface area contributed by atoms with Gasteiger partial charge in [-0.15, -0.1) is 0 Å². The molecule has 1 aliphatic rings. The van der Waals surface area contributed by atoms with Gasteiger partial charge in [0.05, 0.1) is 23.2 Å². The zero-order valence-electron chi connectivity index (χ0n) is 12.6. The van der Waals surface area contributed by atoms with Crippen molar-refractivity contribution in [1.29, 1.82) is 0 Å². The zero-order valence-corrected chi connectivity index (χ0v) is 12.6. The molecule has 0 radical (unpaired) electrons. The Hall–Kier alpha value is -2.41. The molecule has 22 heavy (non-hydrogen) atoms. The number of nitrogens with zero attached hydrogens (tertiary/aromatic N) is 5. The van der Waals surface area contributed by atoms with E-state index in [0.717, 1.165) is 35.8 Å². The normalized spacial score (nSPS) is 21.8. The van der Waals surface area contributed by atoms with Crippen LogP contribution in [0.5, 0.6) is 0 Å². The largest absolute Gasteiger partial charge is 0.380 e. The highest BCUT2D eigenvalue weighted by Crippen LogP contribution is 2.36. The molecule has 0 spiro atoms. The maximum atomic E-state index is 5.56. The third-order valence-electron chi connectivity index (χ3n) is 4.37. The minimum atomic E-state index is 0.1000. The third-order valence-corrected chi connectivity index (χ3v) is 4.37. The van der Waals surface area contributed by atoms with Gasteiger partial charge in [-0.2, -0.15) is 5.10 Å². The highest BCUT2D eigenvalue weighted by Gasteiger charge is 2.37. The maximum absolute atomic E-state index is 5.56. The van der Waals surface area contributed by atoms with Crippen LogP contribution in [0.2, 0.25) is 0 Å². The maximum Gasteiger partial charge on any atom is 0.207 e. The number of para-hydroxylation sites is 2. The Kier molecular flexibility index (Phi) is 3.07. The number of imidazole rings is 1. The van der Waals surface area contributed by atoms with Gasteiger partial charge in [0.2, 0.25) is 5.95 Å². The van der Waals surface area contributed by atoms with E-state index in [1.165, 1.54) is 0 Å². The summed E-state index contributed by atoms with van der Waals surface area (Å²) in [5, 5.41) is 6.96. The van der Waals surface area contributed by atoms with Crippen molar-refractivity contribution in [3.8, 4) is 0 Å². The first-order chi connectivity index (χ1) is 10.8. The van der Waals surface area contributed by atoms with Crippen LogP contribution < -0.4 is 4.90 Å². The average Bonchev–Trinajstić information content (AvgIpc) is 3.25. The smallest absolute Gasteiger partial charge is 0.207 e. The molecule has 0 bridgehead atoms. The van der Waals surface area contributed by atoms with Gasteiger partial charge in [0.1, 0.15) is 12.2 Å². The molecule has 2 aromatic heterocycles. The summed E-state index contributed by atoms with van der Waals surface area (Å²) < 4.78 is 7.69. The number of nitrogens with one attached hydrogen (secondary N) is 1. The van der Waals surface area contributed by atoms with E-state index in [0.29, 0.717) is 0 Å². The number of benzene rings is 1. The molecule has 0 saturated carbocycles. The van der Waals surface area contributed by atoms with Gasteiger partial charge in [-0.1, -0.05) is 12.1 Å². The van der Waals surface area contributed by atoms with Gasteiger partial charge in [-0.3, -0.25) is 5.10 Å². The number of aryl methyl sites for hydroxylation is 1. The molecule has 1 aliphatic heterocycles. The van der Waals surface area contributed by atoms with Gasteiger partial charge in [-0.25, -0.2) is 9.97 Å². The number of H-pyrrole nitrogens is 1. The summed E-state index contributed by atoms with van der Waals surface area (Å²) in [5.41, 5.74) is 2.12. The second-order valence-corrected chi connectivity index (χ2v) is 5.59. The lowest BCUT2D eigenvalue weighted by atomic mass is 10.2. The first kappa shape index (κ1) is 13.3. The number of aromatic amines is 1. The number of fused-ring (bicyclic) bond motifs is 1. The van der Waals surface area contributed by atoms with E-state index in [1.54, 1.807) is 13.4 Å². The first-order valence-electron chi connectivity index (χ1n) is 7.34. The van der Waals surface area contributed by atoms with Crippen LogP contribution in [0.25, 0.3) is 11.0 Å². The van der Waals surface area contributed by atoms with E-state index in [-0.39, 0.29) is 12.1 Å². The average molecular weight is 298 g/mol. The van der Waals surface area contributed by atoms with Crippen molar-refractivity contribution in [2.45, 2.75) is 18.6 Å². The van der Waals surface area contributed by atoms with Gasteiger partial charge < -0.3 is 14.2 Å². The van der Waals surface area contributed by atoms with Crippen LogP contribution in [0, 0.1) is 0 Å². The van der Waals surface area contributed by atoms with Crippen LogP contribution in [0.3, 0.4) is 0 Å². The van der Waals surface area contributed by atoms with Gasteiger partial charge >= 0.3 is 0 Å². The fourth-order valence-electron chi connectivity index (χ4n) is 3.21. The Morgan fingerprint density at radius 3 is 2.91 bits per heavy atom. The predicted molar refractivity (Wildman–Crippen MR) is 82.6 cm³/mol. The van der Waals surface area contributed by atoms with E-state index in [2.05, 4.69) is 30.7 Å². The summed E-state index contributed by atoms with van der Waals surface area (Å²) in [5.74, 6) is 1.79. The number of methoxy groups -OCH3 is 1. The minimum absolute atomic E-state index is 0.1000. The monoisotopic (exact) mass is 298 g/mol. The molecule has 3 aromatic rings. The fraction of sp³-hybridized carbons (Fsp3) is 0.400. The number of hydrogen-bond acceptors (Lipinski definition) is 5. The van der Waals surface area contributed by atoms with Gasteiger partial charge in [0.15, 0.2) is 0 Å². The van der Waals surface area contributed by atoms with Crippen molar-refractivity contribution in [2.75, 3.05) is 18.6 Å². The fourth-order valence-corrected chi connectivity index (χ4v) is 3.21. The van der Waals surface area contributed by atoms with Crippen LogP contribution >= 0.6 is 0 Å². The van der Waals surface area contributed by atoms with Crippen LogP contribution in [0.1, 0.15) is 18.3 Å². The molecule has 0 amide bonds. The van der Waals surface area contributed by atoms with Crippen molar-refractivity contribution < 1.29 is 4.74 Å². The molecular weight excluding hydrogens is 280 g/mol. The highest BCUT2D eigenvalue weighted by atomic mass is 16.5. The predicted octanol–water partition coefficient (Wildman–Crippen LogP) is 1.66. The lowest BCUT2D eigenvalue weighted by molar-refractivity contribution is 0.118. The van der Waals surface area contributed by atoms with Crippen molar-refractivity contribution >= 4 is 17.0 Å². The second kappa shape index (κ2) is 5.10. The van der Waals surface area contributed by atoms with Gasteiger partial charge in [0.25, 0.3) is 0 Å². The van der Waals surface area contributed by atoms with Crippen LogP contribution in [0.15, 0.2) is 30.6 Å². The molecule has 3 heterocycles. The standard InChI is InChI=1S/C15H18N6O/c1-20-12-6-4-3-5-11(12)18-15(20)21-8-10(22-2)7-13(21)14-16-9-17-19-14/h3-6,9-10,13H,7-8H2,1-2H3,(H,16,17,19)/t10-,13+/m1/s1. The Morgan fingerprint density at radius 1 is 1.32 bits per heavy atom. The Balaban J connectivity index is 1.79. The molecule has 0 aliphatic carbocycles. The van der Waals surface area contributed by atoms with E-state index in [4.69, 9.17) is 9.72 Å². The zero-order chi connectivity index (χ0) is 15.1. The second-order valence-electron chi connectivity index (χ2n) is 5.59. The SMILES string of the molecule is CO[C@@H]1C[C@@H](c2ncn[nH]2)N(c2nc3ccccc3n2C)C1. The Labute approximate surface area is 127 Å². The quantitative estimate of drug-likeness (QED) is 0.796. The number of aromatic nitrogens is 5. The van der Waals surface area contributed by atoms with Crippen molar-refractivity contribution in [2.24, 2.45) is 7.05 Å². The van der Waals surface area contributed by atoms with E-state index < -0.39 is 0 Å². The number of anilines is 1. The lowest BCUT2D eigenvalue weighted by Crippen LogP contribution is -2.27. The molecule has 114 valence electrons. The molecule has 2 atom stereocenters. The third kappa shape index (κ3) is 1.97. The van der Waals surface area contributed by atoms with Crippen LogP contribution in [-0.2, 0) is 11.8 Å². The molecular formula is C15H18N6O. The Bertz CT molecular complexity index is 781.